The molecule has 3 aromatic heterocycles. The number of carbonyl (C=O) groups is 1. The number of thiophene rings is 1. The SMILES string of the molecule is Cc1cc2c(=O)[nH]c(CSCC(=O)Nc3ccc4cc[nH]c4c3)nc2s1. The van der Waals surface area contributed by atoms with Gasteiger partial charge in [0.05, 0.1) is 16.9 Å². The Morgan fingerprint density at radius 2 is 2.19 bits per heavy atom. The van der Waals surface area contributed by atoms with Gasteiger partial charge in [0.25, 0.3) is 5.56 Å². The molecule has 0 saturated carbocycles. The van der Waals surface area contributed by atoms with E-state index in [2.05, 4.69) is 20.3 Å². The summed E-state index contributed by atoms with van der Waals surface area (Å²) in [5, 5.41) is 4.61. The lowest BCUT2D eigenvalue weighted by atomic mass is 10.2. The molecule has 26 heavy (non-hydrogen) atoms. The first kappa shape index (κ1) is 16.9. The van der Waals surface area contributed by atoms with Crippen LogP contribution in [0.15, 0.2) is 41.3 Å². The van der Waals surface area contributed by atoms with E-state index in [1.807, 2.05) is 43.5 Å². The van der Waals surface area contributed by atoms with E-state index in [0.29, 0.717) is 17.0 Å². The monoisotopic (exact) mass is 384 g/mol. The molecule has 1 amide bonds. The van der Waals surface area contributed by atoms with Crippen molar-refractivity contribution < 1.29 is 4.79 Å². The van der Waals surface area contributed by atoms with Crippen LogP contribution in [-0.4, -0.2) is 26.6 Å². The van der Waals surface area contributed by atoms with Crippen molar-refractivity contribution in [1.29, 1.82) is 0 Å². The van der Waals surface area contributed by atoms with Gasteiger partial charge in [0, 0.05) is 22.3 Å². The summed E-state index contributed by atoms with van der Waals surface area (Å²) in [6.45, 7) is 1.95. The normalized spacial score (nSPS) is 11.3. The van der Waals surface area contributed by atoms with Gasteiger partial charge in [0.1, 0.15) is 10.7 Å². The molecule has 0 saturated heterocycles. The molecule has 4 rings (SSSR count). The molecule has 0 atom stereocenters. The van der Waals surface area contributed by atoms with Gasteiger partial charge in [0.15, 0.2) is 0 Å². The van der Waals surface area contributed by atoms with Crippen molar-refractivity contribution in [2.45, 2.75) is 12.7 Å². The Morgan fingerprint density at radius 3 is 3.08 bits per heavy atom. The third kappa shape index (κ3) is 3.51. The zero-order valence-electron chi connectivity index (χ0n) is 14.0. The topological polar surface area (TPSA) is 90.6 Å². The maximum atomic E-state index is 12.1. The van der Waals surface area contributed by atoms with Gasteiger partial charge in [-0.05, 0) is 36.6 Å². The number of thioether (sulfide) groups is 1. The largest absolute Gasteiger partial charge is 0.361 e. The fourth-order valence-electron chi connectivity index (χ4n) is 2.73. The first-order chi connectivity index (χ1) is 12.6. The van der Waals surface area contributed by atoms with Crippen molar-refractivity contribution in [3.05, 3.63) is 57.6 Å². The van der Waals surface area contributed by atoms with E-state index < -0.39 is 0 Å². The van der Waals surface area contributed by atoms with Gasteiger partial charge in [-0.1, -0.05) is 6.07 Å². The Balaban J connectivity index is 1.36. The smallest absolute Gasteiger partial charge is 0.259 e. The molecule has 3 N–H and O–H groups in total. The van der Waals surface area contributed by atoms with Crippen molar-refractivity contribution >= 4 is 55.8 Å². The Morgan fingerprint density at radius 1 is 1.31 bits per heavy atom. The lowest BCUT2D eigenvalue weighted by molar-refractivity contribution is -0.113. The van der Waals surface area contributed by atoms with Crippen molar-refractivity contribution in [2.75, 3.05) is 11.1 Å². The molecule has 0 bridgehead atoms. The van der Waals surface area contributed by atoms with Gasteiger partial charge >= 0.3 is 0 Å². The first-order valence-electron chi connectivity index (χ1n) is 8.02. The van der Waals surface area contributed by atoms with Crippen molar-refractivity contribution in [3.63, 3.8) is 0 Å². The van der Waals surface area contributed by atoms with Crippen LogP contribution in [0.5, 0.6) is 0 Å². The van der Waals surface area contributed by atoms with Crippen LogP contribution in [0.2, 0.25) is 0 Å². The predicted molar refractivity (Wildman–Crippen MR) is 108 cm³/mol. The molecule has 0 aliphatic carbocycles. The van der Waals surface area contributed by atoms with E-state index in [-0.39, 0.29) is 17.2 Å². The van der Waals surface area contributed by atoms with Crippen LogP contribution < -0.4 is 10.9 Å². The molecule has 0 unspecified atom stereocenters. The number of nitrogens with zero attached hydrogens (tertiary/aromatic N) is 1. The summed E-state index contributed by atoms with van der Waals surface area (Å²) in [6, 6.07) is 9.57. The highest BCUT2D eigenvalue weighted by Crippen LogP contribution is 2.21. The maximum absolute atomic E-state index is 12.1. The number of anilines is 1. The number of fused-ring (bicyclic) bond motifs is 2. The molecule has 0 fully saturated rings. The zero-order chi connectivity index (χ0) is 18.1. The van der Waals surface area contributed by atoms with Crippen LogP contribution in [0, 0.1) is 6.92 Å². The van der Waals surface area contributed by atoms with Crippen molar-refractivity contribution in [1.82, 2.24) is 15.0 Å². The summed E-state index contributed by atoms with van der Waals surface area (Å²) in [5.41, 5.74) is 1.61. The van der Waals surface area contributed by atoms with E-state index >= 15 is 0 Å². The second-order valence-electron chi connectivity index (χ2n) is 5.91. The van der Waals surface area contributed by atoms with E-state index in [0.717, 1.165) is 26.3 Å². The number of aromatic amines is 2. The highest BCUT2D eigenvalue weighted by Gasteiger charge is 2.09. The number of hydrogen-bond acceptors (Lipinski definition) is 5. The van der Waals surface area contributed by atoms with Gasteiger partial charge in [-0.3, -0.25) is 9.59 Å². The van der Waals surface area contributed by atoms with Gasteiger partial charge in [-0.15, -0.1) is 23.1 Å². The van der Waals surface area contributed by atoms with Crippen LogP contribution in [0.1, 0.15) is 10.7 Å². The first-order valence-corrected chi connectivity index (χ1v) is 10.00. The molecule has 8 heteroatoms. The third-order valence-electron chi connectivity index (χ3n) is 3.89. The average Bonchev–Trinajstić information content (AvgIpc) is 3.20. The molecule has 6 nitrogen and oxygen atoms in total. The highest BCUT2D eigenvalue weighted by molar-refractivity contribution is 7.99. The quantitative estimate of drug-likeness (QED) is 0.490. The lowest BCUT2D eigenvalue weighted by Gasteiger charge is -2.05. The Labute approximate surface area is 157 Å². The summed E-state index contributed by atoms with van der Waals surface area (Å²) >= 11 is 2.92. The van der Waals surface area contributed by atoms with Crippen LogP contribution >= 0.6 is 23.1 Å². The molecule has 4 aromatic rings. The highest BCUT2D eigenvalue weighted by atomic mass is 32.2. The zero-order valence-corrected chi connectivity index (χ0v) is 15.6. The van der Waals surface area contributed by atoms with Crippen molar-refractivity contribution in [2.24, 2.45) is 0 Å². The van der Waals surface area contributed by atoms with Crippen LogP contribution in [-0.2, 0) is 10.5 Å². The molecule has 3 heterocycles. The Hall–Kier alpha value is -2.58. The molecule has 0 aliphatic heterocycles. The standard InChI is InChI=1S/C18H16N4O2S2/c1-10-6-13-17(24)21-15(22-18(13)26-10)8-25-9-16(23)20-12-3-2-11-4-5-19-14(11)7-12/h2-7,19H,8-9H2,1H3,(H,20,23)(H,21,22,24). The molecule has 0 spiro atoms. The number of carbonyl (C=O) groups excluding carboxylic acids is 1. The second-order valence-corrected chi connectivity index (χ2v) is 8.13. The van der Waals surface area contributed by atoms with Crippen molar-refractivity contribution in [3.8, 4) is 0 Å². The number of nitrogens with one attached hydrogen (secondary N) is 3. The predicted octanol–water partition coefficient (Wildman–Crippen LogP) is 3.65. The minimum absolute atomic E-state index is 0.0868. The van der Waals surface area contributed by atoms with Crippen LogP contribution in [0.4, 0.5) is 5.69 Å². The van der Waals surface area contributed by atoms with Crippen LogP contribution in [0.3, 0.4) is 0 Å². The summed E-state index contributed by atoms with van der Waals surface area (Å²) < 4.78 is 0. The molecule has 0 aliphatic rings. The van der Waals surface area contributed by atoms with Gasteiger partial charge in [-0.25, -0.2) is 4.98 Å². The Kier molecular flexibility index (Phi) is 4.52. The lowest BCUT2D eigenvalue weighted by Crippen LogP contribution is -2.15. The summed E-state index contributed by atoms with van der Waals surface area (Å²) in [6.07, 6.45) is 1.87. The number of benzene rings is 1. The fraction of sp³-hybridized carbons (Fsp3) is 0.167. The molecular weight excluding hydrogens is 368 g/mol. The Bertz CT molecular complexity index is 1160. The number of rotatable bonds is 5. The number of aryl methyl sites for hydroxylation is 1. The van der Waals surface area contributed by atoms with Gasteiger partial charge in [0.2, 0.25) is 5.91 Å². The number of amides is 1. The third-order valence-corrected chi connectivity index (χ3v) is 5.77. The molecule has 1 aromatic carbocycles. The minimum Gasteiger partial charge on any atom is -0.361 e. The summed E-state index contributed by atoms with van der Waals surface area (Å²) in [4.78, 5) is 36.4. The average molecular weight is 384 g/mol. The number of hydrogen-bond donors (Lipinski definition) is 3. The summed E-state index contributed by atoms with van der Waals surface area (Å²) in [5.74, 6) is 1.27. The number of H-pyrrole nitrogens is 2. The summed E-state index contributed by atoms with van der Waals surface area (Å²) in [7, 11) is 0. The van der Waals surface area contributed by atoms with Gasteiger partial charge < -0.3 is 15.3 Å². The fourth-order valence-corrected chi connectivity index (χ4v) is 4.32. The van der Waals surface area contributed by atoms with E-state index in [1.54, 1.807) is 0 Å². The van der Waals surface area contributed by atoms with Gasteiger partial charge in [-0.2, -0.15) is 0 Å². The maximum Gasteiger partial charge on any atom is 0.259 e. The second kappa shape index (κ2) is 6.97. The van der Waals surface area contributed by atoms with E-state index in [9.17, 15) is 9.59 Å². The number of aromatic nitrogens is 3. The molecule has 132 valence electrons. The van der Waals surface area contributed by atoms with E-state index in [4.69, 9.17) is 0 Å². The van der Waals surface area contributed by atoms with Crippen LogP contribution in [0.25, 0.3) is 21.1 Å². The molecule has 0 radical (unpaired) electrons. The minimum atomic E-state index is -0.126. The molecular formula is C18H16N4O2S2. The van der Waals surface area contributed by atoms with E-state index in [1.165, 1.54) is 23.1 Å².